The molecule has 0 N–H and O–H groups in total. The number of methoxy groups -OCH3 is 1. The molecule has 5 heteroatoms. The first kappa shape index (κ1) is 23.0. The highest BCUT2D eigenvalue weighted by Gasteiger charge is 2.37. The quantitative estimate of drug-likeness (QED) is 0.545. The van der Waals surface area contributed by atoms with Crippen molar-refractivity contribution < 1.29 is 14.3 Å². The minimum Gasteiger partial charge on any atom is -0.497 e. The van der Waals surface area contributed by atoms with Gasteiger partial charge in [0.1, 0.15) is 24.6 Å². The molecule has 0 aromatic heterocycles. The predicted molar refractivity (Wildman–Crippen MR) is 128 cm³/mol. The van der Waals surface area contributed by atoms with Gasteiger partial charge in [0.05, 0.1) is 12.8 Å². The van der Waals surface area contributed by atoms with Gasteiger partial charge >= 0.3 is 5.97 Å². The summed E-state index contributed by atoms with van der Waals surface area (Å²) in [5, 5.41) is 0. The largest absolute Gasteiger partial charge is 0.497 e. The minimum absolute atomic E-state index is 0.0594. The fourth-order valence-corrected chi connectivity index (χ4v) is 5.79. The molecule has 176 valence electrons. The molecule has 2 heterocycles. The number of carbonyl (C=O) groups excluding carboxylic acids is 1. The Bertz CT molecular complexity index is 804. The van der Waals surface area contributed by atoms with E-state index in [1.807, 2.05) is 12.1 Å². The van der Waals surface area contributed by atoms with Crippen LogP contribution in [0.1, 0.15) is 71.3 Å². The molecule has 4 unspecified atom stereocenters. The van der Waals surface area contributed by atoms with Crippen LogP contribution in [0.4, 0.5) is 0 Å². The Hall–Kier alpha value is -2.17. The van der Waals surface area contributed by atoms with E-state index in [0.717, 1.165) is 25.1 Å². The lowest BCUT2D eigenvalue weighted by Crippen LogP contribution is -2.43. The number of hydrogen-bond donors (Lipinski definition) is 0. The molecule has 1 aliphatic carbocycles. The summed E-state index contributed by atoms with van der Waals surface area (Å²) in [5.74, 6) is 2.45. The summed E-state index contributed by atoms with van der Waals surface area (Å²) in [5.41, 5.74) is 2.38. The maximum absolute atomic E-state index is 13.1. The summed E-state index contributed by atoms with van der Waals surface area (Å²) in [6, 6.07) is 8.25. The van der Waals surface area contributed by atoms with Crippen LogP contribution in [-0.2, 0) is 9.53 Å². The van der Waals surface area contributed by atoms with Crippen LogP contribution in [0.25, 0.3) is 5.70 Å². The van der Waals surface area contributed by atoms with Crippen molar-refractivity contribution in [3.05, 3.63) is 36.0 Å². The first-order valence-corrected chi connectivity index (χ1v) is 12.5. The van der Waals surface area contributed by atoms with Gasteiger partial charge in [-0.3, -0.25) is 4.79 Å². The highest BCUT2D eigenvalue weighted by atomic mass is 16.5. The molecule has 0 bridgehead atoms. The van der Waals surface area contributed by atoms with Crippen LogP contribution in [0.3, 0.4) is 0 Å². The molecule has 3 aliphatic rings. The maximum Gasteiger partial charge on any atom is 0.325 e. The molecule has 2 fully saturated rings. The Balaban J connectivity index is 1.49. The number of carbonyl (C=O) groups is 1. The average Bonchev–Trinajstić information content (AvgIpc) is 2.94. The van der Waals surface area contributed by atoms with E-state index in [1.54, 1.807) is 7.11 Å². The molecule has 4 rings (SSSR count). The normalized spacial score (nSPS) is 28.2. The van der Waals surface area contributed by atoms with Crippen LogP contribution < -0.4 is 4.74 Å². The smallest absolute Gasteiger partial charge is 0.325 e. The number of nitrogens with zero attached hydrogens (tertiary/aromatic N) is 2. The molecular formula is C27H40N2O3. The van der Waals surface area contributed by atoms with Crippen LogP contribution in [0, 0.1) is 17.8 Å². The van der Waals surface area contributed by atoms with Gasteiger partial charge in [0.25, 0.3) is 0 Å². The second-order valence-electron chi connectivity index (χ2n) is 10.3. The van der Waals surface area contributed by atoms with E-state index >= 15 is 0 Å². The Labute approximate surface area is 193 Å². The Morgan fingerprint density at radius 3 is 2.59 bits per heavy atom. The third-order valence-electron chi connectivity index (χ3n) is 7.64. The summed E-state index contributed by atoms with van der Waals surface area (Å²) >= 11 is 0. The zero-order chi connectivity index (χ0) is 22.7. The highest BCUT2D eigenvalue weighted by molar-refractivity contribution is 5.74. The van der Waals surface area contributed by atoms with E-state index in [-0.39, 0.29) is 18.2 Å². The molecule has 2 aliphatic heterocycles. The molecule has 0 radical (unpaired) electrons. The van der Waals surface area contributed by atoms with Crippen LogP contribution in [0.2, 0.25) is 0 Å². The van der Waals surface area contributed by atoms with Crippen LogP contribution in [-0.4, -0.2) is 48.2 Å². The van der Waals surface area contributed by atoms with Gasteiger partial charge in [-0.25, -0.2) is 0 Å². The van der Waals surface area contributed by atoms with E-state index in [9.17, 15) is 4.79 Å². The lowest BCUT2D eigenvalue weighted by molar-refractivity contribution is -0.157. The lowest BCUT2D eigenvalue weighted by Gasteiger charge is -2.37. The maximum atomic E-state index is 13.1. The number of hydrogen-bond acceptors (Lipinski definition) is 5. The van der Waals surface area contributed by atoms with Gasteiger partial charge in [-0.15, -0.1) is 0 Å². The summed E-state index contributed by atoms with van der Waals surface area (Å²) < 4.78 is 11.5. The molecule has 0 amide bonds. The van der Waals surface area contributed by atoms with Gasteiger partial charge in [0.2, 0.25) is 0 Å². The molecule has 0 spiro atoms. The number of esters is 1. The number of benzene rings is 1. The lowest BCUT2D eigenvalue weighted by atomic mass is 9.75. The number of ether oxygens (including phenoxy) is 2. The van der Waals surface area contributed by atoms with Crippen molar-refractivity contribution in [2.75, 3.05) is 20.2 Å². The Morgan fingerprint density at radius 1 is 1.09 bits per heavy atom. The molecular weight excluding hydrogens is 400 g/mol. The highest BCUT2D eigenvalue weighted by Crippen LogP contribution is 2.37. The van der Waals surface area contributed by atoms with Gasteiger partial charge in [-0.05, 0) is 79.7 Å². The van der Waals surface area contributed by atoms with Crippen LogP contribution in [0.5, 0.6) is 5.75 Å². The summed E-state index contributed by atoms with van der Waals surface area (Å²) in [7, 11) is 1.69. The fourth-order valence-electron chi connectivity index (χ4n) is 5.79. The van der Waals surface area contributed by atoms with Crippen molar-refractivity contribution in [3.63, 3.8) is 0 Å². The second-order valence-corrected chi connectivity index (χ2v) is 10.3. The van der Waals surface area contributed by atoms with Crippen molar-refractivity contribution in [2.45, 2.75) is 78.0 Å². The average molecular weight is 441 g/mol. The Kier molecular flexibility index (Phi) is 7.32. The second kappa shape index (κ2) is 10.2. The van der Waals surface area contributed by atoms with E-state index in [1.165, 1.54) is 43.4 Å². The van der Waals surface area contributed by atoms with Gasteiger partial charge < -0.3 is 19.3 Å². The molecule has 1 aromatic carbocycles. The van der Waals surface area contributed by atoms with E-state index in [4.69, 9.17) is 9.47 Å². The van der Waals surface area contributed by atoms with Crippen molar-refractivity contribution in [3.8, 4) is 5.75 Å². The predicted octanol–water partition coefficient (Wildman–Crippen LogP) is 5.52. The van der Waals surface area contributed by atoms with E-state index in [2.05, 4.69) is 48.9 Å². The summed E-state index contributed by atoms with van der Waals surface area (Å²) in [4.78, 5) is 17.8. The number of fused-ring (bicyclic) bond motifs is 1. The van der Waals surface area contributed by atoms with Crippen molar-refractivity contribution in [1.82, 2.24) is 9.80 Å². The van der Waals surface area contributed by atoms with Crippen LogP contribution in [0.15, 0.2) is 30.5 Å². The van der Waals surface area contributed by atoms with Gasteiger partial charge in [0, 0.05) is 12.7 Å². The zero-order valence-corrected chi connectivity index (χ0v) is 20.3. The van der Waals surface area contributed by atoms with Gasteiger partial charge in [-0.2, -0.15) is 0 Å². The monoisotopic (exact) mass is 440 g/mol. The molecule has 4 atom stereocenters. The minimum atomic E-state index is -0.0776. The van der Waals surface area contributed by atoms with Gasteiger partial charge in [0.15, 0.2) is 0 Å². The third kappa shape index (κ3) is 5.07. The summed E-state index contributed by atoms with van der Waals surface area (Å²) in [6.07, 6.45) is 10.6. The molecule has 1 saturated carbocycles. The molecule has 32 heavy (non-hydrogen) atoms. The van der Waals surface area contributed by atoms with Crippen molar-refractivity contribution >= 4 is 11.7 Å². The summed E-state index contributed by atoms with van der Waals surface area (Å²) in [6.45, 7) is 8.16. The molecule has 1 saturated heterocycles. The first-order chi connectivity index (χ1) is 15.5. The third-order valence-corrected chi connectivity index (χ3v) is 7.64. The molecule has 5 nitrogen and oxygen atoms in total. The van der Waals surface area contributed by atoms with E-state index < -0.39 is 0 Å². The van der Waals surface area contributed by atoms with Crippen molar-refractivity contribution in [1.29, 1.82) is 0 Å². The van der Waals surface area contributed by atoms with E-state index in [0.29, 0.717) is 24.3 Å². The van der Waals surface area contributed by atoms with Crippen LogP contribution >= 0.6 is 0 Å². The number of rotatable bonds is 6. The standard InChI is InChI=1S/C27H40N2O3/c1-19(2)23-14-9-20(3)16-25(23)32-27(30)18-28-17-24(21-10-12-22(31-4)13-11-21)29-15-7-5-6-8-26(28)29/h10-13,17,19-20,23,25-26H,5-9,14-16,18H2,1-4H3. The van der Waals surface area contributed by atoms with Crippen molar-refractivity contribution in [2.24, 2.45) is 17.8 Å². The topological polar surface area (TPSA) is 42.0 Å². The molecule has 1 aromatic rings. The van der Waals surface area contributed by atoms with Gasteiger partial charge in [-0.1, -0.05) is 33.6 Å². The zero-order valence-electron chi connectivity index (χ0n) is 20.3. The SMILES string of the molecule is COc1ccc(C2=CN(CC(=O)OC3CC(C)CCC3C(C)C)C3CCCCCN23)cc1. The Morgan fingerprint density at radius 2 is 1.88 bits per heavy atom. The fraction of sp³-hybridized carbons (Fsp3) is 0.667. The first-order valence-electron chi connectivity index (χ1n) is 12.5.